The third-order valence-electron chi connectivity index (χ3n) is 5.50. The van der Waals surface area contributed by atoms with E-state index in [0.29, 0.717) is 13.0 Å². The quantitative estimate of drug-likeness (QED) is 0.936. The molecule has 1 fully saturated rings. The molecule has 0 radical (unpaired) electrons. The molecule has 2 aliphatic rings. The maximum atomic E-state index is 13.0. The zero-order chi connectivity index (χ0) is 17.6. The van der Waals surface area contributed by atoms with E-state index < -0.39 is 12.0 Å². The number of aliphatic carboxylic acids is 1. The molecule has 1 aliphatic carbocycles. The highest BCUT2D eigenvalue weighted by Crippen LogP contribution is 2.50. The van der Waals surface area contributed by atoms with Crippen LogP contribution in [0.3, 0.4) is 0 Å². The molecule has 3 atom stereocenters. The molecule has 128 valence electrons. The second-order valence-electron chi connectivity index (χ2n) is 7.03. The van der Waals surface area contributed by atoms with Gasteiger partial charge in [0.05, 0.1) is 0 Å². The fourth-order valence-corrected chi connectivity index (χ4v) is 4.10. The van der Waals surface area contributed by atoms with Gasteiger partial charge >= 0.3 is 5.97 Å². The van der Waals surface area contributed by atoms with Gasteiger partial charge in [0.15, 0.2) is 6.04 Å². The molecule has 2 aromatic carbocycles. The van der Waals surface area contributed by atoms with Crippen LogP contribution in [0.2, 0.25) is 0 Å². The fraction of sp³-hybridized carbons (Fsp3) is 0.333. The van der Waals surface area contributed by atoms with E-state index in [0.717, 1.165) is 17.5 Å². The molecule has 0 aromatic heterocycles. The smallest absolute Gasteiger partial charge is 0.331 e. The van der Waals surface area contributed by atoms with E-state index in [2.05, 4.69) is 19.1 Å². The predicted octanol–water partition coefficient (Wildman–Crippen LogP) is 3.31. The van der Waals surface area contributed by atoms with Crippen molar-refractivity contribution in [3.63, 3.8) is 0 Å². The number of hydrogen-bond donors (Lipinski definition) is 1. The number of carboxylic acids is 1. The van der Waals surface area contributed by atoms with Gasteiger partial charge in [-0.1, -0.05) is 48.5 Å². The first-order valence-electron chi connectivity index (χ1n) is 8.74. The molecule has 4 nitrogen and oxygen atoms in total. The first-order chi connectivity index (χ1) is 12.1. The van der Waals surface area contributed by atoms with Gasteiger partial charge in [0.2, 0.25) is 5.91 Å². The Labute approximate surface area is 147 Å². The Balaban J connectivity index is 1.59. The Morgan fingerprint density at radius 3 is 2.44 bits per heavy atom. The third kappa shape index (κ3) is 2.72. The molecule has 0 spiro atoms. The summed E-state index contributed by atoms with van der Waals surface area (Å²) in [5.74, 6) is -0.836. The van der Waals surface area contributed by atoms with Crippen molar-refractivity contribution in [1.29, 1.82) is 0 Å². The van der Waals surface area contributed by atoms with E-state index in [1.165, 1.54) is 11.1 Å². The lowest BCUT2D eigenvalue weighted by atomic mass is 9.92. The van der Waals surface area contributed by atoms with Gasteiger partial charge < -0.3 is 10.0 Å². The standard InChI is InChI=1S/C21H21NO3/c1-13-6-2-4-8-15(13)17-12-18(17)20(23)22-11-10-14-7-3-5-9-16(14)19(22)21(24)25/h2-9,17-19H,10-12H2,1H3,(H,24,25). The van der Waals surface area contributed by atoms with Gasteiger partial charge in [-0.05, 0) is 47.9 Å². The van der Waals surface area contributed by atoms with E-state index in [1.807, 2.05) is 36.4 Å². The molecule has 0 bridgehead atoms. The Hall–Kier alpha value is -2.62. The molecule has 1 aliphatic heterocycles. The summed E-state index contributed by atoms with van der Waals surface area (Å²) in [6.07, 6.45) is 1.53. The summed E-state index contributed by atoms with van der Waals surface area (Å²) >= 11 is 0. The maximum Gasteiger partial charge on any atom is 0.331 e. The summed E-state index contributed by atoms with van der Waals surface area (Å²) in [5.41, 5.74) is 4.19. The van der Waals surface area contributed by atoms with Gasteiger partial charge in [0, 0.05) is 12.5 Å². The van der Waals surface area contributed by atoms with Crippen LogP contribution in [0, 0.1) is 12.8 Å². The summed E-state index contributed by atoms with van der Waals surface area (Å²) in [7, 11) is 0. The first-order valence-corrected chi connectivity index (χ1v) is 8.74. The largest absolute Gasteiger partial charge is 0.479 e. The van der Waals surface area contributed by atoms with Gasteiger partial charge in [0.25, 0.3) is 0 Å². The maximum absolute atomic E-state index is 13.0. The minimum Gasteiger partial charge on any atom is -0.479 e. The minimum absolute atomic E-state index is 0.0184. The van der Waals surface area contributed by atoms with Crippen LogP contribution >= 0.6 is 0 Å². The van der Waals surface area contributed by atoms with E-state index in [1.54, 1.807) is 4.90 Å². The number of aryl methyl sites for hydroxylation is 1. The van der Waals surface area contributed by atoms with Crippen LogP contribution in [-0.2, 0) is 16.0 Å². The summed E-state index contributed by atoms with van der Waals surface area (Å²) in [6, 6.07) is 14.8. The van der Waals surface area contributed by atoms with Crippen LogP contribution in [-0.4, -0.2) is 28.4 Å². The highest BCUT2D eigenvalue weighted by molar-refractivity contribution is 5.89. The number of nitrogens with zero attached hydrogens (tertiary/aromatic N) is 1. The number of carbonyl (C=O) groups is 2. The number of fused-ring (bicyclic) bond motifs is 1. The molecule has 1 N–H and O–H groups in total. The average Bonchev–Trinajstić information content (AvgIpc) is 3.40. The van der Waals surface area contributed by atoms with Crippen molar-refractivity contribution in [2.24, 2.45) is 5.92 Å². The number of benzene rings is 2. The number of hydrogen-bond acceptors (Lipinski definition) is 2. The lowest BCUT2D eigenvalue weighted by Crippen LogP contribution is -2.44. The zero-order valence-corrected chi connectivity index (χ0v) is 14.2. The molecule has 3 unspecified atom stereocenters. The van der Waals surface area contributed by atoms with Crippen LogP contribution in [0.1, 0.15) is 40.6 Å². The summed E-state index contributed by atoms with van der Waals surface area (Å²) in [5, 5.41) is 9.74. The number of amides is 1. The van der Waals surface area contributed by atoms with Crippen molar-refractivity contribution in [3.8, 4) is 0 Å². The van der Waals surface area contributed by atoms with Crippen LogP contribution in [0.25, 0.3) is 0 Å². The first kappa shape index (κ1) is 15.9. The highest BCUT2D eigenvalue weighted by Gasteiger charge is 2.49. The Bertz CT molecular complexity index is 845. The monoisotopic (exact) mass is 335 g/mol. The van der Waals surface area contributed by atoms with Crippen molar-refractivity contribution in [2.45, 2.75) is 31.7 Å². The van der Waals surface area contributed by atoms with E-state index in [-0.39, 0.29) is 17.7 Å². The lowest BCUT2D eigenvalue weighted by molar-refractivity contribution is -0.151. The average molecular weight is 335 g/mol. The number of rotatable bonds is 3. The molecule has 4 rings (SSSR count). The minimum atomic E-state index is -0.950. The molecule has 1 heterocycles. The van der Waals surface area contributed by atoms with E-state index in [9.17, 15) is 14.7 Å². The lowest BCUT2D eigenvalue weighted by Gasteiger charge is -2.35. The number of carbonyl (C=O) groups excluding carboxylic acids is 1. The molecule has 1 saturated carbocycles. The predicted molar refractivity (Wildman–Crippen MR) is 94.3 cm³/mol. The van der Waals surface area contributed by atoms with Crippen molar-refractivity contribution < 1.29 is 14.7 Å². The van der Waals surface area contributed by atoms with Gasteiger partial charge in [-0.15, -0.1) is 0 Å². The van der Waals surface area contributed by atoms with Crippen molar-refractivity contribution in [1.82, 2.24) is 4.90 Å². The van der Waals surface area contributed by atoms with Crippen LogP contribution < -0.4 is 0 Å². The zero-order valence-electron chi connectivity index (χ0n) is 14.2. The van der Waals surface area contributed by atoms with Gasteiger partial charge in [-0.25, -0.2) is 4.79 Å². The summed E-state index contributed by atoms with van der Waals surface area (Å²) in [4.78, 5) is 26.5. The molecule has 2 aromatic rings. The van der Waals surface area contributed by atoms with Crippen molar-refractivity contribution in [2.75, 3.05) is 6.54 Å². The van der Waals surface area contributed by atoms with Crippen LogP contribution in [0.15, 0.2) is 48.5 Å². The third-order valence-corrected chi connectivity index (χ3v) is 5.50. The molecule has 1 amide bonds. The van der Waals surface area contributed by atoms with Crippen LogP contribution in [0.4, 0.5) is 0 Å². The van der Waals surface area contributed by atoms with Crippen LogP contribution in [0.5, 0.6) is 0 Å². The molecule has 0 saturated heterocycles. The van der Waals surface area contributed by atoms with E-state index in [4.69, 9.17) is 0 Å². The number of carboxylic acid groups (broad SMARTS) is 1. The normalized spacial score (nSPS) is 24.5. The topological polar surface area (TPSA) is 57.6 Å². The molecular formula is C21H21NO3. The second-order valence-corrected chi connectivity index (χ2v) is 7.03. The summed E-state index contributed by atoms with van der Waals surface area (Å²) < 4.78 is 0. The Kier molecular flexibility index (Phi) is 3.83. The Morgan fingerprint density at radius 1 is 1.04 bits per heavy atom. The van der Waals surface area contributed by atoms with Gasteiger partial charge in [-0.3, -0.25) is 4.79 Å². The summed E-state index contributed by atoms with van der Waals surface area (Å²) in [6.45, 7) is 2.54. The second kappa shape index (κ2) is 6.03. The Morgan fingerprint density at radius 2 is 1.72 bits per heavy atom. The van der Waals surface area contributed by atoms with Gasteiger partial charge in [-0.2, -0.15) is 0 Å². The highest BCUT2D eigenvalue weighted by atomic mass is 16.4. The molecular weight excluding hydrogens is 314 g/mol. The molecule has 4 heteroatoms. The van der Waals surface area contributed by atoms with Gasteiger partial charge in [0.1, 0.15) is 0 Å². The van der Waals surface area contributed by atoms with Crippen molar-refractivity contribution >= 4 is 11.9 Å². The SMILES string of the molecule is Cc1ccccc1C1CC1C(=O)N1CCc2ccccc2C1C(=O)O. The molecule has 25 heavy (non-hydrogen) atoms. The van der Waals surface area contributed by atoms with Crippen molar-refractivity contribution in [3.05, 3.63) is 70.8 Å². The fourth-order valence-electron chi connectivity index (χ4n) is 4.10. The van der Waals surface area contributed by atoms with E-state index >= 15 is 0 Å².